The van der Waals surface area contributed by atoms with Crippen LogP contribution in [0.3, 0.4) is 0 Å². The maximum atomic E-state index is 5.64. The van der Waals surface area contributed by atoms with Crippen LogP contribution in [-0.2, 0) is 0 Å². The van der Waals surface area contributed by atoms with E-state index in [2.05, 4.69) is 58.1 Å². The molecule has 1 aromatic rings. The van der Waals surface area contributed by atoms with E-state index in [-0.39, 0.29) is 5.54 Å². The predicted octanol–water partition coefficient (Wildman–Crippen LogP) is 3.66. The van der Waals surface area contributed by atoms with Gasteiger partial charge < -0.3 is 11.1 Å². The summed E-state index contributed by atoms with van der Waals surface area (Å²) < 4.78 is 0. The van der Waals surface area contributed by atoms with Crippen molar-refractivity contribution in [3.8, 4) is 0 Å². The maximum absolute atomic E-state index is 5.64. The highest BCUT2D eigenvalue weighted by Gasteiger charge is 2.17. The zero-order valence-electron chi connectivity index (χ0n) is 11.8. The summed E-state index contributed by atoms with van der Waals surface area (Å²) in [6.07, 6.45) is 0.971. The minimum absolute atomic E-state index is 0.0507. The van der Waals surface area contributed by atoms with Gasteiger partial charge in [-0.05, 0) is 56.8 Å². The number of nitrogens with two attached hydrogens (primary N) is 1. The fourth-order valence-electron chi connectivity index (χ4n) is 1.92. The lowest BCUT2D eigenvalue weighted by Gasteiger charge is -2.28. The highest BCUT2D eigenvalue weighted by Crippen LogP contribution is 2.25. The first-order valence-electron chi connectivity index (χ1n) is 6.44. The molecule has 0 spiro atoms. The lowest BCUT2D eigenvalue weighted by Crippen LogP contribution is -2.33. The molecule has 0 aliphatic heterocycles. The van der Waals surface area contributed by atoms with Gasteiger partial charge in [-0.25, -0.2) is 0 Å². The zero-order valence-corrected chi connectivity index (χ0v) is 11.8. The minimum Gasteiger partial charge on any atom is -0.380 e. The minimum atomic E-state index is 0.0507. The Balaban J connectivity index is 2.93. The molecule has 0 amide bonds. The molecule has 0 atom stereocenters. The number of aryl methyl sites for hydroxylation is 1. The Hall–Kier alpha value is -1.02. The van der Waals surface area contributed by atoms with Crippen molar-refractivity contribution in [3.05, 3.63) is 29.3 Å². The molecule has 0 fully saturated rings. The molecule has 3 N–H and O–H groups in total. The third-order valence-electron chi connectivity index (χ3n) is 3.17. The summed E-state index contributed by atoms with van der Waals surface area (Å²) in [4.78, 5) is 0. The second kappa shape index (κ2) is 5.54. The van der Waals surface area contributed by atoms with Gasteiger partial charge in [-0.1, -0.05) is 26.0 Å². The Morgan fingerprint density at radius 1 is 1.29 bits per heavy atom. The van der Waals surface area contributed by atoms with Gasteiger partial charge in [0.15, 0.2) is 0 Å². The summed E-state index contributed by atoms with van der Waals surface area (Å²) >= 11 is 0. The van der Waals surface area contributed by atoms with Crippen LogP contribution in [0.4, 0.5) is 5.69 Å². The maximum Gasteiger partial charge on any atom is 0.0376 e. The largest absolute Gasteiger partial charge is 0.380 e. The van der Waals surface area contributed by atoms with Gasteiger partial charge in [0, 0.05) is 11.2 Å². The SMILES string of the molecule is Cc1ccc(C(C)C)cc1NC(C)(C)CCN. The van der Waals surface area contributed by atoms with Gasteiger partial charge >= 0.3 is 0 Å². The Labute approximate surface area is 106 Å². The molecule has 0 unspecified atom stereocenters. The first-order valence-corrected chi connectivity index (χ1v) is 6.44. The van der Waals surface area contributed by atoms with E-state index in [1.165, 1.54) is 16.8 Å². The normalized spacial score (nSPS) is 11.9. The summed E-state index contributed by atoms with van der Waals surface area (Å²) in [6, 6.07) is 6.66. The summed E-state index contributed by atoms with van der Waals surface area (Å²) in [5, 5.41) is 3.60. The van der Waals surface area contributed by atoms with Crippen LogP contribution in [0.15, 0.2) is 18.2 Å². The van der Waals surface area contributed by atoms with Crippen molar-refractivity contribution >= 4 is 5.69 Å². The number of nitrogens with one attached hydrogen (secondary N) is 1. The monoisotopic (exact) mass is 234 g/mol. The zero-order chi connectivity index (χ0) is 13.1. The smallest absolute Gasteiger partial charge is 0.0376 e. The molecule has 0 aliphatic carbocycles. The summed E-state index contributed by atoms with van der Waals surface area (Å²) in [5.74, 6) is 0.564. The van der Waals surface area contributed by atoms with Crippen molar-refractivity contribution in [2.24, 2.45) is 5.73 Å². The third-order valence-corrected chi connectivity index (χ3v) is 3.17. The molecule has 0 heterocycles. The average molecular weight is 234 g/mol. The Morgan fingerprint density at radius 3 is 2.47 bits per heavy atom. The highest BCUT2D eigenvalue weighted by molar-refractivity contribution is 5.54. The van der Waals surface area contributed by atoms with Gasteiger partial charge in [-0.2, -0.15) is 0 Å². The molecular formula is C15H26N2. The van der Waals surface area contributed by atoms with Crippen molar-refractivity contribution < 1.29 is 0 Å². The van der Waals surface area contributed by atoms with Crippen LogP contribution in [0, 0.1) is 6.92 Å². The van der Waals surface area contributed by atoms with Crippen LogP contribution in [-0.4, -0.2) is 12.1 Å². The van der Waals surface area contributed by atoms with Crippen LogP contribution in [0.25, 0.3) is 0 Å². The van der Waals surface area contributed by atoms with Crippen LogP contribution in [0.5, 0.6) is 0 Å². The van der Waals surface area contributed by atoms with E-state index >= 15 is 0 Å². The lowest BCUT2D eigenvalue weighted by molar-refractivity contribution is 0.526. The molecule has 0 aromatic heterocycles. The van der Waals surface area contributed by atoms with Gasteiger partial charge in [-0.3, -0.25) is 0 Å². The Kier molecular flexibility index (Phi) is 4.58. The fraction of sp³-hybridized carbons (Fsp3) is 0.600. The van der Waals surface area contributed by atoms with Gasteiger partial charge in [0.1, 0.15) is 0 Å². The van der Waals surface area contributed by atoms with E-state index < -0.39 is 0 Å². The van der Waals surface area contributed by atoms with Gasteiger partial charge in [0.05, 0.1) is 0 Å². The number of hydrogen-bond donors (Lipinski definition) is 2. The summed E-state index contributed by atoms with van der Waals surface area (Å²) in [5.41, 5.74) is 9.59. The number of benzene rings is 1. The van der Waals surface area contributed by atoms with E-state index in [1.54, 1.807) is 0 Å². The topological polar surface area (TPSA) is 38.0 Å². The molecule has 96 valence electrons. The molecular weight excluding hydrogens is 208 g/mol. The van der Waals surface area contributed by atoms with Gasteiger partial charge in [0.2, 0.25) is 0 Å². The second-order valence-electron chi connectivity index (χ2n) is 5.78. The van der Waals surface area contributed by atoms with Crippen molar-refractivity contribution in [1.82, 2.24) is 0 Å². The molecule has 0 radical (unpaired) electrons. The molecule has 0 bridgehead atoms. The first kappa shape index (κ1) is 14.0. The van der Waals surface area contributed by atoms with Crippen molar-refractivity contribution in [3.63, 3.8) is 0 Å². The van der Waals surface area contributed by atoms with E-state index in [1.807, 2.05) is 0 Å². The molecule has 1 rings (SSSR count). The van der Waals surface area contributed by atoms with Crippen LogP contribution >= 0.6 is 0 Å². The molecule has 17 heavy (non-hydrogen) atoms. The van der Waals surface area contributed by atoms with E-state index in [0.29, 0.717) is 12.5 Å². The Morgan fingerprint density at radius 2 is 1.94 bits per heavy atom. The third kappa shape index (κ3) is 4.04. The molecule has 0 saturated heterocycles. The van der Waals surface area contributed by atoms with Crippen LogP contribution < -0.4 is 11.1 Å². The summed E-state index contributed by atoms with van der Waals surface area (Å²) in [6.45, 7) is 11.7. The number of hydrogen-bond acceptors (Lipinski definition) is 2. The number of rotatable bonds is 5. The van der Waals surface area contributed by atoms with Crippen molar-refractivity contribution in [2.75, 3.05) is 11.9 Å². The lowest BCUT2D eigenvalue weighted by atomic mass is 9.97. The number of anilines is 1. The standard InChI is InChI=1S/C15H26N2/c1-11(2)13-7-6-12(3)14(10-13)17-15(4,5)8-9-16/h6-7,10-11,17H,8-9,16H2,1-5H3. The van der Waals surface area contributed by atoms with Gasteiger partial charge in [-0.15, -0.1) is 0 Å². The summed E-state index contributed by atoms with van der Waals surface area (Å²) in [7, 11) is 0. The van der Waals surface area contributed by atoms with Gasteiger partial charge in [0.25, 0.3) is 0 Å². The highest BCUT2D eigenvalue weighted by atomic mass is 15.0. The first-order chi connectivity index (χ1) is 7.85. The van der Waals surface area contributed by atoms with Crippen LogP contribution in [0.1, 0.15) is 51.2 Å². The molecule has 2 nitrogen and oxygen atoms in total. The van der Waals surface area contributed by atoms with E-state index in [9.17, 15) is 0 Å². The molecule has 2 heteroatoms. The molecule has 0 aliphatic rings. The van der Waals surface area contributed by atoms with E-state index in [4.69, 9.17) is 5.73 Å². The van der Waals surface area contributed by atoms with Crippen molar-refractivity contribution in [2.45, 2.75) is 52.5 Å². The molecule has 1 aromatic carbocycles. The predicted molar refractivity (Wildman–Crippen MR) is 76.6 cm³/mol. The fourth-order valence-corrected chi connectivity index (χ4v) is 1.92. The van der Waals surface area contributed by atoms with E-state index in [0.717, 1.165) is 6.42 Å². The van der Waals surface area contributed by atoms with Crippen molar-refractivity contribution in [1.29, 1.82) is 0 Å². The second-order valence-corrected chi connectivity index (χ2v) is 5.78. The Bertz CT molecular complexity index is 367. The molecule has 0 saturated carbocycles. The quantitative estimate of drug-likeness (QED) is 0.816. The average Bonchev–Trinajstić information content (AvgIpc) is 2.20. The van der Waals surface area contributed by atoms with Crippen LogP contribution in [0.2, 0.25) is 0 Å².